The van der Waals surface area contributed by atoms with Gasteiger partial charge >= 0.3 is 5.97 Å². The van der Waals surface area contributed by atoms with Crippen LogP contribution >= 0.6 is 0 Å². The lowest BCUT2D eigenvalue weighted by Crippen LogP contribution is -2.18. The van der Waals surface area contributed by atoms with E-state index in [-0.39, 0.29) is 65.3 Å². The van der Waals surface area contributed by atoms with E-state index in [4.69, 9.17) is 18.9 Å². The van der Waals surface area contributed by atoms with Crippen LogP contribution in [0, 0.1) is 17.0 Å². The largest absolute Gasteiger partial charge is 0.493 e. The first-order valence-electron chi connectivity index (χ1n) is 15.6. The second-order valence-electron chi connectivity index (χ2n) is 10.9. The molecule has 0 saturated heterocycles. The summed E-state index contributed by atoms with van der Waals surface area (Å²) >= 11 is 0. The molecule has 0 amide bonds. The molecule has 0 aliphatic heterocycles. The number of anilines is 1. The number of ether oxygens (including phenoxy) is 4. The van der Waals surface area contributed by atoms with E-state index >= 15 is 0 Å². The number of nitrogens with one attached hydrogen (secondary N) is 2. The number of nitrogens with zero attached hydrogens (tertiary/aromatic N) is 8. The van der Waals surface area contributed by atoms with Crippen molar-refractivity contribution in [2.24, 2.45) is 0 Å². The van der Waals surface area contributed by atoms with Crippen LogP contribution in [0.15, 0.2) is 90.2 Å². The Balaban J connectivity index is 1.35. The second-order valence-corrected chi connectivity index (χ2v) is 12.5. The van der Waals surface area contributed by atoms with Crippen molar-refractivity contribution in [2.45, 2.75) is 18.6 Å². The predicted octanol–water partition coefficient (Wildman–Crippen LogP) is 3.97. The van der Waals surface area contributed by atoms with Crippen molar-refractivity contribution in [3.05, 3.63) is 112 Å². The molecule has 21 heteroatoms. The highest BCUT2D eigenvalue weighted by molar-refractivity contribution is 7.92. The topological polar surface area (TPSA) is 259 Å². The van der Waals surface area contributed by atoms with E-state index in [1.807, 2.05) is 0 Å². The molecule has 0 bridgehead atoms. The van der Waals surface area contributed by atoms with E-state index in [1.54, 1.807) is 49.4 Å². The molecule has 0 unspecified atom stereocenters. The predicted molar refractivity (Wildman–Crippen MR) is 185 cm³/mol. The van der Waals surface area contributed by atoms with Crippen molar-refractivity contribution in [2.75, 3.05) is 25.0 Å². The quantitative estimate of drug-likeness (QED) is 0.0612. The standard InChI is InChI=1S/C33H28N10O10S/c1-20-7-12-27(35-18-20)54(47,48)40-31-28(53-26-6-4-3-5-25(26)49-2)32(37-29(36-31)23-13-14-34-24(17-23)30-38-41-42-39-30)50-15-16-51-33(44)22-10-8-21(9-11-22)19-52-43(45)46/h3-14,17-18H,15-16,19H2,1-2H3,(H,36,37,40)(H,38,39,41,42). The third-order valence-corrected chi connectivity index (χ3v) is 8.43. The highest BCUT2D eigenvalue weighted by Crippen LogP contribution is 2.41. The number of aromatic amines is 1. The van der Waals surface area contributed by atoms with Crippen LogP contribution in [0.1, 0.15) is 21.5 Å². The number of rotatable bonds is 16. The Morgan fingerprint density at radius 3 is 2.46 bits per heavy atom. The van der Waals surface area contributed by atoms with Crippen LogP contribution < -0.4 is 18.9 Å². The fraction of sp³-hybridized carbons (Fsp3) is 0.152. The molecule has 2 aromatic carbocycles. The maximum Gasteiger partial charge on any atom is 0.338 e. The van der Waals surface area contributed by atoms with Gasteiger partial charge in [0.1, 0.15) is 25.5 Å². The summed E-state index contributed by atoms with van der Waals surface area (Å²) in [6.45, 7) is 0.909. The molecule has 0 fully saturated rings. The van der Waals surface area contributed by atoms with Gasteiger partial charge in [-0.3, -0.25) is 9.71 Å². The van der Waals surface area contributed by atoms with Gasteiger partial charge in [0.15, 0.2) is 28.2 Å². The second kappa shape index (κ2) is 16.4. The van der Waals surface area contributed by atoms with Gasteiger partial charge in [-0.1, -0.05) is 30.3 Å². The van der Waals surface area contributed by atoms with Crippen molar-refractivity contribution in [3.63, 3.8) is 0 Å². The van der Waals surface area contributed by atoms with Gasteiger partial charge in [-0.05, 0) is 65.7 Å². The van der Waals surface area contributed by atoms with E-state index in [9.17, 15) is 23.3 Å². The third kappa shape index (κ3) is 8.95. The number of carbonyl (C=O) groups excluding carboxylic acids is 1. The van der Waals surface area contributed by atoms with Crippen LogP contribution in [0.5, 0.6) is 23.1 Å². The summed E-state index contributed by atoms with van der Waals surface area (Å²) in [6.07, 6.45) is 2.85. The number of sulfonamides is 1. The molecule has 0 spiro atoms. The summed E-state index contributed by atoms with van der Waals surface area (Å²) < 4.78 is 52.8. The van der Waals surface area contributed by atoms with E-state index in [2.05, 4.69) is 50.1 Å². The van der Waals surface area contributed by atoms with Crippen LogP contribution in [0.2, 0.25) is 0 Å². The van der Waals surface area contributed by atoms with Crippen LogP contribution in [0.3, 0.4) is 0 Å². The van der Waals surface area contributed by atoms with Gasteiger partial charge in [-0.15, -0.1) is 20.3 Å². The van der Waals surface area contributed by atoms with Gasteiger partial charge in [-0.25, -0.2) is 14.8 Å². The van der Waals surface area contributed by atoms with Crippen LogP contribution in [0.4, 0.5) is 5.82 Å². The van der Waals surface area contributed by atoms with E-state index in [0.29, 0.717) is 22.6 Å². The van der Waals surface area contributed by atoms with Gasteiger partial charge in [-0.2, -0.15) is 18.6 Å². The molecule has 6 aromatic rings. The number of carbonyl (C=O) groups is 1. The number of pyridine rings is 2. The summed E-state index contributed by atoms with van der Waals surface area (Å²) in [5.41, 5.74) is 2.03. The summed E-state index contributed by atoms with van der Waals surface area (Å²) in [5, 5.41) is 23.1. The van der Waals surface area contributed by atoms with Gasteiger partial charge in [0.05, 0.1) is 12.7 Å². The minimum absolute atomic E-state index is 0.0303. The summed E-state index contributed by atoms with van der Waals surface area (Å²) in [6, 6.07) is 18.5. The van der Waals surface area contributed by atoms with E-state index in [0.717, 1.165) is 5.56 Å². The number of hydrogen-bond donors (Lipinski definition) is 2. The zero-order valence-electron chi connectivity index (χ0n) is 28.3. The molecular formula is C33H28N10O10S. The first kappa shape index (κ1) is 36.5. The monoisotopic (exact) mass is 756 g/mol. The highest BCUT2D eigenvalue weighted by atomic mass is 32.2. The van der Waals surface area contributed by atoms with Crippen molar-refractivity contribution >= 4 is 21.8 Å². The number of H-pyrrole nitrogens is 1. The zero-order valence-corrected chi connectivity index (χ0v) is 29.1. The SMILES string of the molecule is COc1ccccc1Oc1c(NS(=O)(=O)c2ccc(C)cn2)nc(-c2ccnc(-c3nn[nH]n3)c2)nc1OCCOC(=O)c1ccc(CO[N+](=O)[O-])cc1. The fourth-order valence-electron chi connectivity index (χ4n) is 4.61. The van der Waals surface area contributed by atoms with Gasteiger partial charge in [0.2, 0.25) is 11.6 Å². The molecule has 2 N–H and O–H groups in total. The zero-order chi connectivity index (χ0) is 38.1. The molecule has 6 rings (SSSR count). The molecule has 0 radical (unpaired) electrons. The fourth-order valence-corrected chi connectivity index (χ4v) is 5.54. The highest BCUT2D eigenvalue weighted by Gasteiger charge is 2.26. The number of tetrazole rings is 1. The Morgan fingerprint density at radius 1 is 0.963 bits per heavy atom. The Hall–Kier alpha value is -7.29. The van der Waals surface area contributed by atoms with Crippen molar-refractivity contribution in [1.29, 1.82) is 0 Å². The average Bonchev–Trinajstić information content (AvgIpc) is 3.73. The number of aryl methyl sites for hydroxylation is 1. The Bertz CT molecular complexity index is 2360. The van der Waals surface area contributed by atoms with Crippen LogP contribution in [-0.4, -0.2) is 80.4 Å². The summed E-state index contributed by atoms with van der Waals surface area (Å²) in [7, 11) is -2.94. The number of benzene rings is 2. The van der Waals surface area contributed by atoms with Crippen molar-refractivity contribution in [1.82, 2.24) is 40.6 Å². The Morgan fingerprint density at radius 2 is 1.76 bits per heavy atom. The molecule has 20 nitrogen and oxygen atoms in total. The third-order valence-electron chi connectivity index (χ3n) is 7.18. The first-order valence-corrected chi connectivity index (χ1v) is 17.1. The maximum absolute atomic E-state index is 13.7. The van der Waals surface area contributed by atoms with Gasteiger partial charge in [0.25, 0.3) is 21.0 Å². The van der Waals surface area contributed by atoms with Crippen LogP contribution in [-0.2, 0) is 26.2 Å². The maximum atomic E-state index is 13.7. The summed E-state index contributed by atoms with van der Waals surface area (Å²) in [5.74, 6) is -0.940. The smallest absolute Gasteiger partial charge is 0.338 e. The normalized spacial score (nSPS) is 11.0. The molecule has 0 aliphatic rings. The average molecular weight is 757 g/mol. The summed E-state index contributed by atoms with van der Waals surface area (Å²) in [4.78, 5) is 45.0. The number of aromatic nitrogens is 8. The molecule has 54 heavy (non-hydrogen) atoms. The van der Waals surface area contributed by atoms with E-state index in [1.165, 1.54) is 49.8 Å². The Labute approximate surface area is 305 Å². The molecule has 0 aliphatic carbocycles. The molecular weight excluding hydrogens is 728 g/mol. The molecule has 4 heterocycles. The number of hydrogen-bond acceptors (Lipinski definition) is 17. The lowest BCUT2D eigenvalue weighted by Gasteiger charge is -2.18. The molecule has 4 aromatic heterocycles. The lowest BCUT2D eigenvalue weighted by molar-refractivity contribution is -0.763. The first-order chi connectivity index (χ1) is 26.1. The molecule has 276 valence electrons. The minimum atomic E-state index is -4.37. The lowest BCUT2D eigenvalue weighted by atomic mass is 10.1. The van der Waals surface area contributed by atoms with E-state index < -0.39 is 21.1 Å². The Kier molecular flexibility index (Phi) is 11.1. The van der Waals surface area contributed by atoms with Crippen LogP contribution in [0.25, 0.3) is 22.9 Å². The number of esters is 1. The molecule has 0 atom stereocenters. The van der Waals surface area contributed by atoms with Crippen molar-refractivity contribution < 1.29 is 42.1 Å². The number of para-hydroxylation sites is 2. The minimum Gasteiger partial charge on any atom is -0.493 e. The van der Waals surface area contributed by atoms with Gasteiger partial charge < -0.3 is 23.8 Å². The van der Waals surface area contributed by atoms with Crippen molar-refractivity contribution in [3.8, 4) is 46.0 Å². The van der Waals surface area contributed by atoms with Gasteiger partial charge in [0, 0.05) is 18.0 Å². The molecule has 0 saturated carbocycles. The number of methoxy groups -OCH3 is 1.